The first-order valence-corrected chi connectivity index (χ1v) is 6.80. The Hall–Kier alpha value is -1.40. The van der Waals surface area contributed by atoms with Crippen LogP contribution in [0.15, 0.2) is 29.2 Å². The van der Waals surface area contributed by atoms with Crippen LogP contribution in [0.3, 0.4) is 0 Å². The standard InChI is InChI=1S/C12H17NO4S/c1-12(2,11(14)15)9-5-7-10(8-6-9)18(16,17)13(3)4/h5-8H,1-4H3,(H,14,15). The Kier molecular flexibility index (Phi) is 3.83. The first-order chi connectivity index (χ1) is 8.10. The summed E-state index contributed by atoms with van der Waals surface area (Å²) in [6, 6.07) is 5.92. The number of carbonyl (C=O) groups is 1. The number of rotatable bonds is 4. The SMILES string of the molecule is CN(C)S(=O)(=O)c1ccc(C(C)(C)C(=O)O)cc1. The van der Waals surface area contributed by atoms with Crippen molar-refractivity contribution in [2.24, 2.45) is 0 Å². The van der Waals surface area contributed by atoms with Crippen molar-refractivity contribution in [3.05, 3.63) is 29.8 Å². The van der Waals surface area contributed by atoms with Crippen LogP contribution in [0.2, 0.25) is 0 Å². The van der Waals surface area contributed by atoms with Crippen molar-refractivity contribution in [3.8, 4) is 0 Å². The summed E-state index contributed by atoms with van der Waals surface area (Å²) in [7, 11) is -0.576. The molecular weight excluding hydrogens is 254 g/mol. The number of carboxylic acids is 1. The lowest BCUT2D eigenvalue weighted by Gasteiger charge is -2.20. The van der Waals surface area contributed by atoms with E-state index in [1.54, 1.807) is 13.8 Å². The molecule has 0 atom stereocenters. The summed E-state index contributed by atoms with van der Waals surface area (Å²) >= 11 is 0. The minimum atomic E-state index is -3.47. The second-order valence-corrected chi connectivity index (χ2v) is 6.89. The summed E-state index contributed by atoms with van der Waals surface area (Å²) < 4.78 is 24.8. The molecule has 0 spiro atoms. The zero-order valence-corrected chi connectivity index (χ0v) is 11.7. The molecule has 0 fully saturated rings. The van der Waals surface area contributed by atoms with Crippen LogP contribution < -0.4 is 0 Å². The molecule has 0 aliphatic heterocycles. The van der Waals surface area contributed by atoms with E-state index in [0.29, 0.717) is 5.56 Å². The number of sulfonamides is 1. The van der Waals surface area contributed by atoms with Crippen molar-refractivity contribution in [2.75, 3.05) is 14.1 Å². The van der Waals surface area contributed by atoms with Crippen molar-refractivity contribution < 1.29 is 18.3 Å². The third-order valence-electron chi connectivity index (χ3n) is 2.89. The van der Waals surface area contributed by atoms with Gasteiger partial charge in [-0.15, -0.1) is 0 Å². The van der Waals surface area contributed by atoms with E-state index in [1.165, 1.54) is 38.4 Å². The molecule has 1 aromatic carbocycles. The van der Waals surface area contributed by atoms with E-state index in [9.17, 15) is 13.2 Å². The van der Waals surface area contributed by atoms with Crippen LogP contribution in [0.4, 0.5) is 0 Å². The predicted octanol–water partition coefficient (Wildman–Crippen LogP) is 1.30. The fraction of sp³-hybridized carbons (Fsp3) is 0.417. The third-order valence-corrected chi connectivity index (χ3v) is 4.72. The molecule has 0 aliphatic carbocycles. The Morgan fingerprint density at radius 1 is 1.17 bits per heavy atom. The van der Waals surface area contributed by atoms with Crippen LogP contribution in [0.5, 0.6) is 0 Å². The van der Waals surface area contributed by atoms with Gasteiger partial charge < -0.3 is 5.11 Å². The number of aliphatic carboxylic acids is 1. The molecule has 1 N–H and O–H groups in total. The largest absolute Gasteiger partial charge is 0.481 e. The van der Waals surface area contributed by atoms with Crippen LogP contribution in [0.25, 0.3) is 0 Å². The van der Waals surface area contributed by atoms with Crippen molar-refractivity contribution in [1.29, 1.82) is 0 Å². The van der Waals surface area contributed by atoms with Crippen molar-refractivity contribution in [3.63, 3.8) is 0 Å². The molecule has 0 amide bonds. The minimum absolute atomic E-state index is 0.150. The molecule has 0 aromatic heterocycles. The van der Waals surface area contributed by atoms with E-state index in [1.807, 2.05) is 0 Å². The Morgan fingerprint density at radius 2 is 1.61 bits per heavy atom. The van der Waals surface area contributed by atoms with Crippen LogP contribution in [-0.4, -0.2) is 37.9 Å². The molecule has 0 bridgehead atoms. The number of hydrogen-bond donors (Lipinski definition) is 1. The van der Waals surface area contributed by atoms with E-state index in [-0.39, 0.29) is 4.90 Å². The van der Waals surface area contributed by atoms with E-state index >= 15 is 0 Å². The Balaban J connectivity index is 3.20. The minimum Gasteiger partial charge on any atom is -0.481 e. The van der Waals surface area contributed by atoms with E-state index in [2.05, 4.69) is 0 Å². The monoisotopic (exact) mass is 271 g/mol. The summed E-state index contributed by atoms with van der Waals surface area (Å²) in [5.41, 5.74) is -0.479. The van der Waals surface area contributed by atoms with Gasteiger partial charge >= 0.3 is 5.97 Å². The Bertz CT molecular complexity index is 544. The third kappa shape index (κ3) is 2.54. The van der Waals surface area contributed by atoms with Gasteiger partial charge in [0.15, 0.2) is 0 Å². The number of hydrogen-bond acceptors (Lipinski definition) is 3. The molecule has 1 rings (SSSR count). The quantitative estimate of drug-likeness (QED) is 0.895. The first kappa shape index (κ1) is 14.7. The van der Waals surface area contributed by atoms with Crippen LogP contribution >= 0.6 is 0 Å². The lowest BCUT2D eigenvalue weighted by molar-refractivity contribution is -0.142. The van der Waals surface area contributed by atoms with Gasteiger partial charge in [0, 0.05) is 14.1 Å². The molecule has 0 unspecified atom stereocenters. The predicted molar refractivity (Wildman–Crippen MR) is 68.0 cm³/mol. The highest BCUT2D eigenvalue weighted by molar-refractivity contribution is 7.89. The van der Waals surface area contributed by atoms with Crippen molar-refractivity contribution in [2.45, 2.75) is 24.2 Å². The van der Waals surface area contributed by atoms with Crippen LogP contribution in [0, 0.1) is 0 Å². The van der Waals surface area contributed by atoms with E-state index in [0.717, 1.165) is 4.31 Å². The van der Waals surface area contributed by atoms with Gasteiger partial charge in [-0.1, -0.05) is 12.1 Å². The maximum atomic E-state index is 11.8. The summed E-state index contributed by atoms with van der Waals surface area (Å²) in [5.74, 6) is -0.953. The van der Waals surface area contributed by atoms with Crippen molar-refractivity contribution >= 4 is 16.0 Å². The smallest absolute Gasteiger partial charge is 0.313 e. The topological polar surface area (TPSA) is 74.7 Å². The van der Waals surface area contributed by atoms with Gasteiger partial charge in [-0.05, 0) is 31.5 Å². The molecule has 0 aliphatic rings. The number of benzene rings is 1. The number of nitrogens with zero attached hydrogens (tertiary/aromatic N) is 1. The summed E-state index contributed by atoms with van der Waals surface area (Å²) in [4.78, 5) is 11.2. The maximum absolute atomic E-state index is 11.8. The highest BCUT2D eigenvalue weighted by atomic mass is 32.2. The zero-order chi connectivity index (χ0) is 14.1. The molecule has 18 heavy (non-hydrogen) atoms. The lowest BCUT2D eigenvalue weighted by Crippen LogP contribution is -2.28. The average Bonchev–Trinajstić information content (AvgIpc) is 2.28. The van der Waals surface area contributed by atoms with Gasteiger partial charge in [-0.2, -0.15) is 0 Å². The van der Waals surface area contributed by atoms with Gasteiger partial charge in [0.25, 0.3) is 0 Å². The Morgan fingerprint density at radius 3 is 1.94 bits per heavy atom. The lowest BCUT2D eigenvalue weighted by atomic mass is 9.85. The molecule has 0 saturated carbocycles. The first-order valence-electron chi connectivity index (χ1n) is 5.36. The molecule has 100 valence electrons. The summed E-state index contributed by atoms with van der Waals surface area (Å²) in [6.45, 7) is 3.15. The molecule has 1 aromatic rings. The fourth-order valence-electron chi connectivity index (χ4n) is 1.38. The molecule has 0 heterocycles. The summed E-state index contributed by atoms with van der Waals surface area (Å²) in [6.07, 6.45) is 0. The maximum Gasteiger partial charge on any atom is 0.313 e. The molecule has 0 radical (unpaired) electrons. The highest BCUT2D eigenvalue weighted by Crippen LogP contribution is 2.25. The van der Waals surface area contributed by atoms with Gasteiger partial charge in [-0.25, -0.2) is 12.7 Å². The molecule has 0 saturated heterocycles. The van der Waals surface area contributed by atoms with Gasteiger partial charge in [-0.3, -0.25) is 4.79 Å². The van der Waals surface area contributed by atoms with E-state index in [4.69, 9.17) is 5.11 Å². The molecule has 6 heteroatoms. The highest BCUT2D eigenvalue weighted by Gasteiger charge is 2.29. The molecule has 5 nitrogen and oxygen atoms in total. The molecular formula is C12H17NO4S. The van der Waals surface area contributed by atoms with Crippen LogP contribution in [-0.2, 0) is 20.2 Å². The zero-order valence-electron chi connectivity index (χ0n) is 10.8. The second-order valence-electron chi connectivity index (χ2n) is 4.74. The fourth-order valence-corrected chi connectivity index (χ4v) is 2.28. The van der Waals surface area contributed by atoms with Crippen molar-refractivity contribution in [1.82, 2.24) is 4.31 Å². The van der Waals surface area contributed by atoms with Gasteiger partial charge in [0.2, 0.25) is 10.0 Å². The second kappa shape index (κ2) is 4.70. The Labute approximate surface area is 107 Å². The summed E-state index contributed by atoms with van der Waals surface area (Å²) in [5, 5.41) is 9.09. The van der Waals surface area contributed by atoms with Gasteiger partial charge in [0.1, 0.15) is 0 Å². The average molecular weight is 271 g/mol. The van der Waals surface area contributed by atoms with Gasteiger partial charge in [0.05, 0.1) is 10.3 Å². The van der Waals surface area contributed by atoms with E-state index < -0.39 is 21.4 Å². The number of carboxylic acid groups (broad SMARTS) is 1. The van der Waals surface area contributed by atoms with Crippen LogP contribution in [0.1, 0.15) is 19.4 Å². The normalized spacial score (nSPS) is 12.7.